The zero-order valence-corrected chi connectivity index (χ0v) is 7.70. The van der Waals surface area contributed by atoms with Crippen LogP contribution in [0.1, 0.15) is 12.5 Å². The quantitative estimate of drug-likeness (QED) is 0.629. The van der Waals surface area contributed by atoms with Gasteiger partial charge in [-0.3, -0.25) is 14.3 Å². The van der Waals surface area contributed by atoms with Crippen molar-refractivity contribution < 1.29 is 0 Å². The van der Waals surface area contributed by atoms with Gasteiger partial charge in [-0.15, -0.1) is 0 Å². The highest BCUT2D eigenvalue weighted by atomic mass is 16.2. The van der Waals surface area contributed by atoms with Crippen molar-refractivity contribution >= 4 is 0 Å². The summed E-state index contributed by atoms with van der Waals surface area (Å²) >= 11 is 0. The lowest BCUT2D eigenvalue weighted by Crippen LogP contribution is -2.35. The molecular weight excluding hydrogens is 170 g/mol. The molecule has 1 unspecified atom stereocenters. The van der Waals surface area contributed by atoms with Gasteiger partial charge in [-0.05, 0) is 13.8 Å². The van der Waals surface area contributed by atoms with Crippen LogP contribution in [0, 0.1) is 6.92 Å². The molecule has 0 aromatic carbocycles. The molecule has 0 radical (unpaired) electrons. The first-order valence-corrected chi connectivity index (χ1v) is 4.06. The van der Waals surface area contributed by atoms with Crippen LogP contribution in [0.15, 0.2) is 15.8 Å². The first-order chi connectivity index (χ1) is 6.00. The molecular formula is C8H13N3O2. The van der Waals surface area contributed by atoms with Gasteiger partial charge in [0.1, 0.15) is 0 Å². The number of H-pyrrole nitrogens is 1. The van der Waals surface area contributed by atoms with Crippen LogP contribution in [0.2, 0.25) is 0 Å². The van der Waals surface area contributed by atoms with E-state index in [2.05, 4.69) is 4.98 Å². The van der Waals surface area contributed by atoms with Gasteiger partial charge in [0.25, 0.3) is 5.56 Å². The molecule has 1 heterocycles. The van der Waals surface area contributed by atoms with Crippen LogP contribution in [0.4, 0.5) is 0 Å². The van der Waals surface area contributed by atoms with E-state index >= 15 is 0 Å². The molecule has 0 aliphatic rings. The summed E-state index contributed by atoms with van der Waals surface area (Å²) in [5.41, 5.74) is 5.29. The normalized spacial score (nSPS) is 12.8. The van der Waals surface area contributed by atoms with Gasteiger partial charge in [-0.25, -0.2) is 4.79 Å². The van der Waals surface area contributed by atoms with E-state index in [1.165, 1.54) is 10.8 Å². The fraction of sp³-hybridized carbons (Fsp3) is 0.500. The van der Waals surface area contributed by atoms with Crippen molar-refractivity contribution in [1.82, 2.24) is 9.55 Å². The summed E-state index contributed by atoms with van der Waals surface area (Å²) < 4.78 is 1.40. The van der Waals surface area contributed by atoms with E-state index < -0.39 is 5.69 Å². The van der Waals surface area contributed by atoms with Crippen LogP contribution in [-0.4, -0.2) is 15.6 Å². The first kappa shape index (κ1) is 9.73. The van der Waals surface area contributed by atoms with Crippen molar-refractivity contribution in [2.75, 3.05) is 0 Å². The maximum absolute atomic E-state index is 11.2. The highest BCUT2D eigenvalue weighted by molar-refractivity contribution is 5.00. The monoisotopic (exact) mass is 183 g/mol. The number of nitrogens with one attached hydrogen (secondary N) is 1. The minimum Gasteiger partial charge on any atom is -0.326 e. The summed E-state index contributed by atoms with van der Waals surface area (Å²) in [6, 6.07) is -0.108. The van der Waals surface area contributed by atoms with Gasteiger partial charge in [-0.2, -0.15) is 0 Å². The zero-order valence-electron chi connectivity index (χ0n) is 7.70. The summed E-state index contributed by atoms with van der Waals surface area (Å²) in [5, 5.41) is 0. The van der Waals surface area contributed by atoms with Gasteiger partial charge < -0.3 is 5.73 Å². The van der Waals surface area contributed by atoms with Crippen molar-refractivity contribution in [3.05, 3.63) is 32.6 Å². The Labute approximate surface area is 75.2 Å². The molecule has 0 fully saturated rings. The predicted octanol–water partition coefficient (Wildman–Crippen LogP) is -0.808. The molecule has 0 aliphatic heterocycles. The van der Waals surface area contributed by atoms with Crippen molar-refractivity contribution in [3.63, 3.8) is 0 Å². The topological polar surface area (TPSA) is 80.9 Å². The molecule has 1 aromatic heterocycles. The molecule has 0 saturated carbocycles. The average molecular weight is 183 g/mol. The van der Waals surface area contributed by atoms with Crippen LogP contribution >= 0.6 is 0 Å². The van der Waals surface area contributed by atoms with Gasteiger partial charge in [0, 0.05) is 24.3 Å². The Balaban J connectivity index is 3.17. The van der Waals surface area contributed by atoms with E-state index in [1.54, 1.807) is 13.8 Å². The highest BCUT2D eigenvalue weighted by Gasteiger charge is 2.02. The van der Waals surface area contributed by atoms with Crippen LogP contribution in [-0.2, 0) is 6.54 Å². The number of hydrogen-bond acceptors (Lipinski definition) is 3. The third-order valence-corrected chi connectivity index (χ3v) is 1.67. The fourth-order valence-corrected chi connectivity index (χ4v) is 1.06. The summed E-state index contributed by atoms with van der Waals surface area (Å²) in [4.78, 5) is 24.4. The molecule has 1 aromatic rings. The second kappa shape index (κ2) is 3.57. The molecule has 72 valence electrons. The SMILES string of the molecule is Cc1cn(CC(C)N)c(=O)[nH]c1=O. The molecule has 1 atom stereocenters. The lowest BCUT2D eigenvalue weighted by Gasteiger charge is -2.07. The van der Waals surface area contributed by atoms with Crippen LogP contribution in [0.5, 0.6) is 0 Å². The number of aromatic nitrogens is 2. The molecule has 1 rings (SSSR count). The number of aryl methyl sites for hydroxylation is 1. The Bertz CT molecular complexity index is 403. The average Bonchev–Trinajstić information content (AvgIpc) is 1.99. The standard InChI is InChI=1S/C8H13N3O2/c1-5-3-11(4-6(2)9)8(13)10-7(5)12/h3,6H,4,9H2,1-2H3,(H,10,12,13). The number of aromatic amines is 1. The van der Waals surface area contributed by atoms with Crippen molar-refractivity contribution in [3.8, 4) is 0 Å². The molecule has 5 nitrogen and oxygen atoms in total. The van der Waals surface area contributed by atoms with Gasteiger partial charge in [0.2, 0.25) is 0 Å². The molecule has 0 saturated heterocycles. The fourth-order valence-electron chi connectivity index (χ4n) is 1.06. The maximum Gasteiger partial charge on any atom is 0.328 e. The molecule has 0 bridgehead atoms. The zero-order chi connectivity index (χ0) is 10.0. The lowest BCUT2D eigenvalue weighted by atomic mass is 10.3. The second-order valence-electron chi connectivity index (χ2n) is 3.20. The number of nitrogens with zero attached hydrogens (tertiary/aromatic N) is 1. The third kappa shape index (κ3) is 2.29. The molecule has 0 amide bonds. The Morgan fingerprint density at radius 2 is 2.23 bits per heavy atom. The summed E-state index contributed by atoms with van der Waals surface area (Å²) in [6.07, 6.45) is 1.52. The molecule has 5 heteroatoms. The van der Waals surface area contributed by atoms with Crippen molar-refractivity contribution in [1.29, 1.82) is 0 Å². The second-order valence-corrected chi connectivity index (χ2v) is 3.20. The number of rotatable bonds is 2. The Hall–Kier alpha value is -1.36. The maximum atomic E-state index is 11.2. The third-order valence-electron chi connectivity index (χ3n) is 1.67. The minimum absolute atomic E-state index is 0.108. The largest absolute Gasteiger partial charge is 0.328 e. The van der Waals surface area contributed by atoms with E-state index in [9.17, 15) is 9.59 Å². The minimum atomic E-state index is -0.409. The van der Waals surface area contributed by atoms with E-state index in [0.29, 0.717) is 12.1 Å². The van der Waals surface area contributed by atoms with Gasteiger partial charge in [0.05, 0.1) is 0 Å². The summed E-state index contributed by atoms with van der Waals surface area (Å²) in [7, 11) is 0. The van der Waals surface area contributed by atoms with Gasteiger partial charge in [0.15, 0.2) is 0 Å². The van der Waals surface area contributed by atoms with E-state index in [4.69, 9.17) is 5.73 Å². The first-order valence-electron chi connectivity index (χ1n) is 4.06. The molecule has 0 aliphatic carbocycles. The highest BCUT2D eigenvalue weighted by Crippen LogP contribution is 1.86. The predicted molar refractivity (Wildman–Crippen MR) is 49.7 cm³/mol. The summed E-state index contributed by atoms with van der Waals surface area (Å²) in [6.45, 7) is 3.86. The smallest absolute Gasteiger partial charge is 0.326 e. The molecule has 0 spiro atoms. The Morgan fingerprint density at radius 1 is 1.62 bits per heavy atom. The van der Waals surface area contributed by atoms with Gasteiger partial charge >= 0.3 is 5.69 Å². The summed E-state index contributed by atoms with van der Waals surface area (Å²) in [5.74, 6) is 0. The van der Waals surface area contributed by atoms with E-state index in [-0.39, 0.29) is 11.6 Å². The Kier molecular flexibility index (Phi) is 2.67. The molecule has 3 N–H and O–H groups in total. The van der Waals surface area contributed by atoms with Crippen LogP contribution in [0.25, 0.3) is 0 Å². The van der Waals surface area contributed by atoms with Crippen LogP contribution in [0.3, 0.4) is 0 Å². The number of hydrogen-bond donors (Lipinski definition) is 2. The lowest BCUT2D eigenvalue weighted by molar-refractivity contribution is 0.559. The number of nitrogens with two attached hydrogens (primary N) is 1. The molecule has 13 heavy (non-hydrogen) atoms. The van der Waals surface area contributed by atoms with E-state index in [1.807, 2.05) is 0 Å². The van der Waals surface area contributed by atoms with Crippen molar-refractivity contribution in [2.45, 2.75) is 26.4 Å². The van der Waals surface area contributed by atoms with Crippen molar-refractivity contribution in [2.24, 2.45) is 5.73 Å². The van der Waals surface area contributed by atoms with Gasteiger partial charge in [-0.1, -0.05) is 0 Å². The van der Waals surface area contributed by atoms with Crippen LogP contribution < -0.4 is 17.0 Å². The van der Waals surface area contributed by atoms with E-state index in [0.717, 1.165) is 0 Å². The Morgan fingerprint density at radius 3 is 2.77 bits per heavy atom.